The summed E-state index contributed by atoms with van der Waals surface area (Å²) >= 11 is 0. The number of hydrogen-bond donors (Lipinski definition) is 3. The zero-order chi connectivity index (χ0) is 26.2. The Bertz CT molecular complexity index is 1180. The smallest absolute Gasteiger partial charge is 0.246 e. The van der Waals surface area contributed by atoms with Crippen LogP contribution in [-0.4, -0.2) is 42.3 Å². The predicted molar refractivity (Wildman–Crippen MR) is 143 cm³/mol. The minimum atomic E-state index is -1.59. The summed E-state index contributed by atoms with van der Waals surface area (Å²) in [4.78, 5) is 28.1. The van der Waals surface area contributed by atoms with E-state index in [0.29, 0.717) is 47.8 Å². The third kappa shape index (κ3) is 4.43. The fourth-order valence-corrected chi connectivity index (χ4v) is 6.84. The summed E-state index contributed by atoms with van der Waals surface area (Å²) in [5, 5.41) is 17.4. The summed E-state index contributed by atoms with van der Waals surface area (Å²) in [5.41, 5.74) is 4.34. The SMILES string of the molecule is C/C=C/[C@@H]1[C@H]2C[C@@H](C)CC[C@@H]2C(C)=C[C@H]1C1=NNCCOCC12C(=O)NC=C(c1ccc(O)cc1)C2=O. The Morgan fingerprint density at radius 3 is 2.73 bits per heavy atom. The molecule has 1 amide bonds. The number of carbonyl (C=O) groups excluding carboxylic acids is 2. The van der Waals surface area contributed by atoms with Gasteiger partial charge in [0.15, 0.2) is 11.2 Å². The number of benzene rings is 1. The van der Waals surface area contributed by atoms with Gasteiger partial charge in [0, 0.05) is 17.7 Å². The van der Waals surface area contributed by atoms with Crippen LogP contribution in [-0.2, 0) is 14.3 Å². The van der Waals surface area contributed by atoms with Crippen molar-refractivity contribution in [3.8, 4) is 5.75 Å². The van der Waals surface area contributed by atoms with Gasteiger partial charge in [-0.3, -0.25) is 9.59 Å². The largest absolute Gasteiger partial charge is 0.508 e. The minimum absolute atomic E-state index is 0.0654. The number of fused-ring (bicyclic) bond motifs is 1. The quantitative estimate of drug-likeness (QED) is 0.424. The Kier molecular flexibility index (Phi) is 7.08. The van der Waals surface area contributed by atoms with Crippen LogP contribution >= 0.6 is 0 Å². The van der Waals surface area contributed by atoms with E-state index in [2.05, 4.69) is 42.8 Å². The highest BCUT2D eigenvalue weighted by Crippen LogP contribution is 2.51. The molecule has 2 heterocycles. The third-order valence-electron chi connectivity index (χ3n) is 8.69. The Morgan fingerprint density at radius 1 is 1.19 bits per heavy atom. The zero-order valence-corrected chi connectivity index (χ0v) is 21.9. The van der Waals surface area contributed by atoms with Gasteiger partial charge in [-0.25, -0.2) is 0 Å². The molecule has 1 saturated carbocycles. The first-order valence-corrected chi connectivity index (χ1v) is 13.4. The second kappa shape index (κ2) is 10.3. The molecule has 6 atom stereocenters. The molecule has 1 aromatic rings. The van der Waals surface area contributed by atoms with Crippen molar-refractivity contribution in [2.75, 3.05) is 19.8 Å². The highest BCUT2D eigenvalue weighted by atomic mass is 16.5. The van der Waals surface area contributed by atoms with E-state index in [1.807, 2.05) is 6.92 Å². The highest BCUT2D eigenvalue weighted by Gasteiger charge is 2.57. The second-order valence-corrected chi connectivity index (χ2v) is 11.0. The molecule has 5 rings (SSSR count). The number of hydrazone groups is 1. The van der Waals surface area contributed by atoms with Crippen LogP contribution in [0.2, 0.25) is 0 Å². The van der Waals surface area contributed by atoms with E-state index < -0.39 is 11.3 Å². The van der Waals surface area contributed by atoms with Crippen molar-refractivity contribution in [1.29, 1.82) is 0 Å². The molecule has 7 nitrogen and oxygen atoms in total. The summed E-state index contributed by atoms with van der Waals surface area (Å²) in [6.07, 6.45) is 11.6. The van der Waals surface area contributed by atoms with E-state index in [0.717, 1.165) is 6.42 Å². The Labute approximate surface area is 218 Å². The van der Waals surface area contributed by atoms with Gasteiger partial charge in [0.2, 0.25) is 5.91 Å². The number of carbonyl (C=O) groups is 2. The summed E-state index contributed by atoms with van der Waals surface area (Å²) < 4.78 is 5.95. The lowest BCUT2D eigenvalue weighted by atomic mass is 9.56. The molecule has 2 aliphatic carbocycles. The zero-order valence-electron chi connectivity index (χ0n) is 21.9. The van der Waals surface area contributed by atoms with Gasteiger partial charge in [-0.15, -0.1) is 0 Å². The molecule has 2 aliphatic heterocycles. The average Bonchev–Trinajstić information content (AvgIpc) is 2.86. The maximum atomic E-state index is 14.4. The van der Waals surface area contributed by atoms with Crippen molar-refractivity contribution in [3.05, 3.63) is 59.8 Å². The van der Waals surface area contributed by atoms with Crippen LogP contribution in [0, 0.1) is 35.0 Å². The van der Waals surface area contributed by atoms with E-state index in [9.17, 15) is 14.7 Å². The topological polar surface area (TPSA) is 100 Å². The van der Waals surface area contributed by atoms with Crippen molar-refractivity contribution >= 4 is 23.0 Å². The lowest BCUT2D eigenvalue weighted by Gasteiger charge is -2.48. The predicted octanol–water partition coefficient (Wildman–Crippen LogP) is 4.22. The van der Waals surface area contributed by atoms with Gasteiger partial charge in [-0.2, -0.15) is 5.10 Å². The van der Waals surface area contributed by atoms with Gasteiger partial charge >= 0.3 is 0 Å². The fourth-order valence-electron chi connectivity index (χ4n) is 6.84. The lowest BCUT2D eigenvalue weighted by molar-refractivity contribution is -0.138. The Hall–Kier alpha value is -3.19. The number of aromatic hydroxyl groups is 1. The molecule has 3 N–H and O–H groups in total. The number of hydrogen-bond acceptors (Lipinski definition) is 6. The van der Waals surface area contributed by atoms with Gasteiger partial charge in [-0.05, 0) is 68.1 Å². The Balaban J connectivity index is 1.64. The van der Waals surface area contributed by atoms with E-state index in [4.69, 9.17) is 9.84 Å². The molecule has 37 heavy (non-hydrogen) atoms. The van der Waals surface area contributed by atoms with Crippen molar-refractivity contribution in [2.24, 2.45) is 40.1 Å². The molecule has 196 valence electrons. The number of phenolic OH excluding ortho intramolecular Hbond substituents is 1. The minimum Gasteiger partial charge on any atom is -0.508 e. The van der Waals surface area contributed by atoms with E-state index in [1.54, 1.807) is 12.1 Å². The fraction of sp³-hybridized carbons (Fsp3) is 0.500. The lowest BCUT2D eigenvalue weighted by Crippen LogP contribution is -2.60. The van der Waals surface area contributed by atoms with Crippen LogP contribution in [0.1, 0.15) is 45.6 Å². The molecule has 1 unspecified atom stereocenters. The number of ketones is 1. The van der Waals surface area contributed by atoms with Gasteiger partial charge in [0.25, 0.3) is 0 Å². The molecule has 1 fully saturated rings. The summed E-state index contributed by atoms with van der Waals surface area (Å²) in [6, 6.07) is 6.45. The van der Waals surface area contributed by atoms with Crippen LogP contribution in [0.5, 0.6) is 5.75 Å². The monoisotopic (exact) mass is 503 g/mol. The van der Waals surface area contributed by atoms with Crippen LogP contribution in [0.4, 0.5) is 0 Å². The molecule has 1 spiro atoms. The number of ether oxygens (including phenoxy) is 1. The molecule has 0 aromatic heterocycles. The number of amides is 1. The average molecular weight is 504 g/mol. The molecular weight excluding hydrogens is 466 g/mol. The maximum Gasteiger partial charge on any atom is 0.246 e. The molecule has 4 aliphatic rings. The number of Topliss-reactive ketones (excluding diaryl/α,β-unsaturated/α-hetero) is 1. The molecular formula is C30H37N3O4. The third-order valence-corrected chi connectivity index (χ3v) is 8.69. The molecule has 7 heteroatoms. The number of nitrogens with zero attached hydrogens (tertiary/aromatic N) is 1. The van der Waals surface area contributed by atoms with Crippen LogP contribution < -0.4 is 10.7 Å². The van der Waals surface area contributed by atoms with Crippen molar-refractivity contribution in [3.63, 3.8) is 0 Å². The van der Waals surface area contributed by atoms with Gasteiger partial charge < -0.3 is 20.6 Å². The first-order valence-electron chi connectivity index (χ1n) is 13.4. The molecule has 0 radical (unpaired) electrons. The second-order valence-electron chi connectivity index (χ2n) is 11.0. The number of rotatable bonds is 3. The van der Waals surface area contributed by atoms with Crippen molar-refractivity contribution < 1.29 is 19.4 Å². The Morgan fingerprint density at radius 2 is 1.97 bits per heavy atom. The van der Waals surface area contributed by atoms with Gasteiger partial charge in [-0.1, -0.05) is 49.3 Å². The van der Waals surface area contributed by atoms with Crippen LogP contribution in [0.3, 0.4) is 0 Å². The molecule has 1 aromatic carbocycles. The van der Waals surface area contributed by atoms with Gasteiger partial charge in [0.1, 0.15) is 5.75 Å². The van der Waals surface area contributed by atoms with Crippen LogP contribution in [0.25, 0.3) is 5.57 Å². The van der Waals surface area contributed by atoms with E-state index >= 15 is 0 Å². The van der Waals surface area contributed by atoms with Crippen molar-refractivity contribution in [2.45, 2.75) is 40.0 Å². The van der Waals surface area contributed by atoms with E-state index in [-0.39, 0.29) is 30.0 Å². The first-order chi connectivity index (χ1) is 17.9. The normalized spacial score (nSPS) is 34.5. The summed E-state index contributed by atoms with van der Waals surface area (Å²) in [7, 11) is 0. The van der Waals surface area contributed by atoms with Gasteiger partial charge in [0.05, 0.1) is 25.5 Å². The first kappa shape index (κ1) is 25.5. The number of nitrogens with one attached hydrogen (secondary N) is 2. The van der Waals surface area contributed by atoms with E-state index in [1.165, 1.54) is 36.7 Å². The number of allylic oxidation sites excluding steroid dienone is 5. The summed E-state index contributed by atoms with van der Waals surface area (Å²) in [6.45, 7) is 7.33. The highest BCUT2D eigenvalue weighted by molar-refractivity contribution is 6.41. The maximum absolute atomic E-state index is 14.4. The standard InChI is InChI=1S/C30H37N3O4/c1-4-5-23-24-14-18(2)6-11-22(24)19(3)15-25(23)27-30(17-37-13-12-32-33-27)28(35)26(16-31-29(30)36)20-7-9-21(34)10-8-20/h4-5,7-10,15-16,18,22-25,32,34H,6,11-14,17H2,1-3H3,(H,31,36)/b5-4+,33-27?/t18-,22+,23+,24-,25+,30?/m0/s1. The van der Waals surface area contributed by atoms with Crippen LogP contribution in [0.15, 0.2) is 59.4 Å². The molecule has 0 bridgehead atoms. The van der Waals surface area contributed by atoms with Crippen molar-refractivity contribution in [1.82, 2.24) is 10.7 Å². The molecule has 0 saturated heterocycles. The summed E-state index contributed by atoms with van der Waals surface area (Å²) in [5.74, 6) is 0.855. The number of phenols is 1.